The molecular weight excluding hydrogens is 913 g/mol. The van der Waals surface area contributed by atoms with Crippen molar-refractivity contribution in [3.8, 4) is 103 Å². The lowest BCUT2D eigenvalue weighted by atomic mass is 9.85. The Morgan fingerprint density at radius 2 is 0.764 bits per heavy atom. The molecular formula is C60H56O12. The van der Waals surface area contributed by atoms with Gasteiger partial charge in [0.2, 0.25) is 0 Å². The Hall–Kier alpha value is -8.64. The predicted octanol–water partition coefficient (Wildman–Crippen LogP) is 12.3. The number of fused-ring (bicyclic) bond motifs is 6. The van der Waals surface area contributed by atoms with Crippen molar-refractivity contribution in [3.63, 3.8) is 0 Å². The first-order valence-corrected chi connectivity index (χ1v) is 23.7. The summed E-state index contributed by atoms with van der Waals surface area (Å²) >= 11 is 0. The Kier molecular flexibility index (Phi) is 14.2. The number of aryl methyl sites for hydroxylation is 8. The van der Waals surface area contributed by atoms with E-state index in [0.717, 1.165) is 92.4 Å². The summed E-state index contributed by atoms with van der Waals surface area (Å²) in [6, 6.07) is 39.6. The summed E-state index contributed by atoms with van der Waals surface area (Å²) in [7, 11) is 6.28. The molecule has 0 radical (unpaired) electrons. The van der Waals surface area contributed by atoms with Crippen LogP contribution in [0.4, 0.5) is 0 Å². The van der Waals surface area contributed by atoms with Crippen LogP contribution in [-0.4, -0.2) is 59.1 Å². The van der Waals surface area contributed by atoms with Gasteiger partial charge >= 0.3 is 0 Å². The van der Waals surface area contributed by atoms with Crippen LogP contribution in [0.2, 0.25) is 0 Å². The molecule has 8 aromatic rings. The molecule has 0 amide bonds. The molecule has 12 nitrogen and oxygen atoms in total. The number of benzene rings is 8. The maximum atomic E-state index is 10.7. The summed E-state index contributed by atoms with van der Waals surface area (Å²) in [5.74, 6) is 5.58. The van der Waals surface area contributed by atoms with Crippen LogP contribution in [0.15, 0.2) is 133 Å². The fourth-order valence-corrected chi connectivity index (χ4v) is 9.68. The predicted molar refractivity (Wildman–Crippen MR) is 276 cm³/mol. The molecule has 72 heavy (non-hydrogen) atoms. The lowest BCUT2D eigenvalue weighted by Gasteiger charge is -2.23. The molecule has 368 valence electrons. The lowest BCUT2D eigenvalue weighted by Crippen LogP contribution is -2.05. The van der Waals surface area contributed by atoms with Gasteiger partial charge < -0.3 is 59.1 Å². The number of phenolic OH excluding ortho intramolecular Hbond substituents is 6. The Bertz CT molecular complexity index is 3070. The van der Waals surface area contributed by atoms with Crippen molar-refractivity contribution in [1.82, 2.24) is 0 Å². The van der Waals surface area contributed by atoms with Crippen molar-refractivity contribution >= 4 is 0 Å². The Balaban J connectivity index is 0.000000178. The number of ether oxygens (including phenoxy) is 6. The topological polar surface area (TPSA) is 177 Å². The molecule has 2 aliphatic carbocycles. The second kappa shape index (κ2) is 21.2. The maximum Gasteiger partial charge on any atom is 0.172 e. The van der Waals surface area contributed by atoms with Gasteiger partial charge in [-0.3, -0.25) is 0 Å². The summed E-state index contributed by atoms with van der Waals surface area (Å²) in [4.78, 5) is 0. The second-order valence-corrected chi connectivity index (χ2v) is 17.8. The van der Waals surface area contributed by atoms with Crippen LogP contribution >= 0.6 is 0 Å². The summed E-state index contributed by atoms with van der Waals surface area (Å²) in [6.07, 6.45) is 5.66. The van der Waals surface area contributed by atoms with Gasteiger partial charge in [0, 0.05) is 46.5 Å². The third-order valence-electron chi connectivity index (χ3n) is 13.1. The maximum absolute atomic E-state index is 10.7. The largest absolute Gasteiger partial charge is 0.508 e. The molecule has 10 rings (SSSR count). The zero-order chi connectivity index (χ0) is 50.5. The first kappa shape index (κ1) is 48.4. The van der Waals surface area contributed by atoms with E-state index in [-0.39, 0.29) is 34.5 Å². The molecule has 0 aromatic heterocycles. The Morgan fingerprint density at radius 3 is 1.15 bits per heavy atom. The average Bonchev–Trinajstić information content (AvgIpc) is 3.38. The first-order chi connectivity index (χ1) is 34.9. The standard InChI is InChI=1S/2C30H28O6/c2*1-34-25-15-20-9-8-19-14-24(10-11-26(19)29(20)27(33)17-25)36-30-21(13-23(32)16-28(30)35-2)7-6-18-4-3-5-22(31)12-18/h2*3-5,10-17,31-33H,6-9H2,1-2H3. The van der Waals surface area contributed by atoms with E-state index in [2.05, 4.69) is 0 Å². The highest BCUT2D eigenvalue weighted by molar-refractivity contribution is 5.81. The van der Waals surface area contributed by atoms with Crippen molar-refractivity contribution in [3.05, 3.63) is 178 Å². The second-order valence-electron chi connectivity index (χ2n) is 17.8. The number of methoxy groups -OCH3 is 4. The normalized spacial score (nSPS) is 11.9. The molecule has 0 atom stereocenters. The van der Waals surface area contributed by atoms with E-state index >= 15 is 0 Å². The molecule has 2 aliphatic rings. The monoisotopic (exact) mass is 968 g/mol. The van der Waals surface area contributed by atoms with Crippen molar-refractivity contribution in [2.75, 3.05) is 28.4 Å². The van der Waals surface area contributed by atoms with Crippen molar-refractivity contribution in [2.24, 2.45) is 0 Å². The van der Waals surface area contributed by atoms with Crippen LogP contribution < -0.4 is 28.4 Å². The lowest BCUT2D eigenvalue weighted by molar-refractivity contribution is 0.370. The number of hydrogen-bond donors (Lipinski definition) is 6. The number of phenols is 6. The summed E-state index contributed by atoms with van der Waals surface area (Å²) in [6.45, 7) is 0. The SMILES string of the molecule is COc1cc(O)c2c(c1)CCc1cc(Oc3c(CCc4cccc(O)c4)cc(O)cc3OC)ccc1-2.COc1cc(O)c2c(c1)CCc1cc(Oc3c(CCc4cccc(O)c4)cc(O)cc3OC)ccc1-2. The van der Waals surface area contributed by atoms with E-state index in [1.54, 1.807) is 77.0 Å². The summed E-state index contributed by atoms with van der Waals surface area (Å²) < 4.78 is 34.4. The van der Waals surface area contributed by atoms with Gasteiger partial charge in [0.1, 0.15) is 57.5 Å². The molecule has 0 fully saturated rings. The van der Waals surface area contributed by atoms with E-state index in [0.29, 0.717) is 71.7 Å². The van der Waals surface area contributed by atoms with Gasteiger partial charge in [0.25, 0.3) is 0 Å². The molecule has 0 unspecified atom stereocenters. The van der Waals surface area contributed by atoms with Crippen molar-refractivity contribution in [2.45, 2.75) is 51.4 Å². The molecule has 12 heteroatoms. The molecule has 0 spiro atoms. The van der Waals surface area contributed by atoms with Crippen LogP contribution in [0.1, 0.15) is 44.5 Å². The van der Waals surface area contributed by atoms with Gasteiger partial charge in [-0.2, -0.15) is 0 Å². The highest BCUT2D eigenvalue weighted by Crippen LogP contribution is 2.47. The van der Waals surface area contributed by atoms with Crippen LogP contribution in [0.3, 0.4) is 0 Å². The fraction of sp³-hybridized carbons (Fsp3) is 0.200. The van der Waals surface area contributed by atoms with Crippen LogP contribution in [0.5, 0.6) is 80.5 Å². The minimum atomic E-state index is 0.0954. The third kappa shape index (κ3) is 10.6. The molecule has 8 aromatic carbocycles. The third-order valence-corrected chi connectivity index (χ3v) is 13.1. The number of aromatic hydroxyl groups is 6. The molecule has 0 heterocycles. The summed E-state index contributed by atoms with van der Waals surface area (Å²) in [5.41, 5.74) is 11.4. The molecule has 0 bridgehead atoms. The highest BCUT2D eigenvalue weighted by Gasteiger charge is 2.25. The highest BCUT2D eigenvalue weighted by atomic mass is 16.5. The van der Waals surface area contributed by atoms with E-state index in [1.807, 2.05) is 72.8 Å². The molecule has 0 aliphatic heterocycles. The zero-order valence-corrected chi connectivity index (χ0v) is 40.5. The molecule has 6 N–H and O–H groups in total. The van der Waals surface area contributed by atoms with E-state index in [1.165, 1.54) is 12.1 Å². The quantitative estimate of drug-likeness (QED) is 0.0609. The first-order valence-electron chi connectivity index (χ1n) is 23.7. The van der Waals surface area contributed by atoms with Crippen LogP contribution in [-0.2, 0) is 51.4 Å². The fourth-order valence-electron chi connectivity index (χ4n) is 9.68. The van der Waals surface area contributed by atoms with Crippen molar-refractivity contribution in [1.29, 1.82) is 0 Å². The van der Waals surface area contributed by atoms with Crippen LogP contribution in [0.25, 0.3) is 22.3 Å². The van der Waals surface area contributed by atoms with E-state index in [4.69, 9.17) is 28.4 Å². The van der Waals surface area contributed by atoms with Gasteiger partial charge in [-0.1, -0.05) is 36.4 Å². The Labute approximate surface area is 418 Å². The minimum Gasteiger partial charge on any atom is -0.508 e. The Morgan fingerprint density at radius 1 is 0.361 bits per heavy atom. The van der Waals surface area contributed by atoms with Crippen LogP contribution in [0, 0.1) is 0 Å². The zero-order valence-electron chi connectivity index (χ0n) is 40.5. The molecule has 0 saturated heterocycles. The average molecular weight is 969 g/mol. The number of hydrogen-bond acceptors (Lipinski definition) is 12. The van der Waals surface area contributed by atoms with Gasteiger partial charge in [-0.15, -0.1) is 0 Å². The molecule has 0 saturated carbocycles. The van der Waals surface area contributed by atoms with Gasteiger partial charge in [0.05, 0.1) is 28.4 Å². The van der Waals surface area contributed by atoms with Gasteiger partial charge in [0.15, 0.2) is 23.0 Å². The number of rotatable bonds is 14. The van der Waals surface area contributed by atoms with Crippen molar-refractivity contribution < 1.29 is 59.1 Å². The van der Waals surface area contributed by atoms with E-state index in [9.17, 15) is 30.6 Å². The smallest absolute Gasteiger partial charge is 0.172 e. The summed E-state index contributed by atoms with van der Waals surface area (Å²) in [5, 5.41) is 61.4. The van der Waals surface area contributed by atoms with Gasteiger partial charge in [-0.25, -0.2) is 0 Å². The minimum absolute atomic E-state index is 0.0954. The van der Waals surface area contributed by atoms with Gasteiger partial charge in [-0.05, 0) is 169 Å². The van der Waals surface area contributed by atoms with E-state index < -0.39 is 0 Å².